The van der Waals surface area contributed by atoms with E-state index < -0.39 is 0 Å². The quantitative estimate of drug-likeness (QED) is 0.721. The van der Waals surface area contributed by atoms with Crippen molar-refractivity contribution in [3.05, 3.63) is 29.8 Å². The van der Waals surface area contributed by atoms with Crippen molar-refractivity contribution in [2.75, 3.05) is 31.1 Å². The third-order valence-electron chi connectivity index (χ3n) is 4.37. The zero-order valence-electron chi connectivity index (χ0n) is 14.9. The summed E-state index contributed by atoms with van der Waals surface area (Å²) >= 11 is 0. The van der Waals surface area contributed by atoms with Crippen LogP contribution >= 0.6 is 0 Å². The molecule has 1 rings (SSSR count). The fraction of sp³-hybridized carbons (Fsp3) is 0.684. The summed E-state index contributed by atoms with van der Waals surface area (Å²) in [6.45, 7) is 18.1. The van der Waals surface area contributed by atoms with Gasteiger partial charge in [-0.3, -0.25) is 0 Å². The minimum atomic E-state index is 0.313. The Hall–Kier alpha value is -1.02. The minimum absolute atomic E-state index is 0.313. The molecule has 0 aliphatic heterocycles. The van der Waals surface area contributed by atoms with E-state index in [0.717, 1.165) is 26.2 Å². The van der Waals surface area contributed by atoms with Gasteiger partial charge in [-0.25, -0.2) is 0 Å². The van der Waals surface area contributed by atoms with Crippen LogP contribution in [0.2, 0.25) is 0 Å². The van der Waals surface area contributed by atoms with Crippen molar-refractivity contribution in [3.63, 3.8) is 0 Å². The molecule has 0 fully saturated rings. The molecule has 0 aliphatic rings. The summed E-state index contributed by atoms with van der Waals surface area (Å²) in [6, 6.07) is 8.72. The summed E-state index contributed by atoms with van der Waals surface area (Å²) in [5.74, 6) is 0.713. The summed E-state index contributed by atoms with van der Waals surface area (Å²) in [4.78, 5) is 2.52. The van der Waals surface area contributed by atoms with Gasteiger partial charge in [0.15, 0.2) is 0 Å². The standard InChI is InChI=1S/C19H34N2/c1-7-19(6,14-20-13-16(3)4)15-21(8-2)18-12-10-9-11-17(18)5/h9-12,16,20H,7-8,13-15H2,1-6H3. The molecule has 0 amide bonds. The van der Waals surface area contributed by atoms with Gasteiger partial charge in [0.1, 0.15) is 0 Å². The van der Waals surface area contributed by atoms with E-state index in [1.807, 2.05) is 0 Å². The highest BCUT2D eigenvalue weighted by Crippen LogP contribution is 2.27. The predicted octanol–water partition coefficient (Wildman–Crippen LogP) is 4.48. The number of benzene rings is 1. The maximum Gasteiger partial charge on any atom is 0.0396 e. The first-order chi connectivity index (χ1) is 9.91. The van der Waals surface area contributed by atoms with Gasteiger partial charge in [0.25, 0.3) is 0 Å². The van der Waals surface area contributed by atoms with Crippen LogP contribution in [0.4, 0.5) is 5.69 Å². The van der Waals surface area contributed by atoms with E-state index in [2.05, 4.69) is 76.0 Å². The van der Waals surface area contributed by atoms with Crippen molar-refractivity contribution in [1.82, 2.24) is 5.32 Å². The molecule has 1 unspecified atom stereocenters. The molecule has 0 bridgehead atoms. The zero-order chi connectivity index (χ0) is 15.9. The molecule has 1 aromatic carbocycles. The maximum absolute atomic E-state index is 3.65. The van der Waals surface area contributed by atoms with E-state index >= 15 is 0 Å². The van der Waals surface area contributed by atoms with E-state index in [9.17, 15) is 0 Å². The van der Waals surface area contributed by atoms with E-state index in [4.69, 9.17) is 0 Å². The van der Waals surface area contributed by atoms with Crippen LogP contribution in [0.25, 0.3) is 0 Å². The monoisotopic (exact) mass is 290 g/mol. The molecule has 0 radical (unpaired) electrons. The Kier molecular flexibility index (Phi) is 7.24. The summed E-state index contributed by atoms with van der Waals surface area (Å²) in [5, 5.41) is 3.65. The van der Waals surface area contributed by atoms with Gasteiger partial charge < -0.3 is 10.2 Å². The first kappa shape index (κ1) is 18.0. The zero-order valence-corrected chi connectivity index (χ0v) is 14.9. The normalized spacial score (nSPS) is 14.2. The van der Waals surface area contributed by atoms with Crippen LogP contribution in [0.15, 0.2) is 24.3 Å². The number of nitrogens with zero attached hydrogens (tertiary/aromatic N) is 1. The van der Waals surface area contributed by atoms with Crippen molar-refractivity contribution < 1.29 is 0 Å². The molecule has 1 aromatic rings. The second kappa shape index (κ2) is 8.43. The van der Waals surface area contributed by atoms with E-state index in [0.29, 0.717) is 11.3 Å². The molecule has 2 nitrogen and oxygen atoms in total. The van der Waals surface area contributed by atoms with Crippen LogP contribution < -0.4 is 10.2 Å². The molecule has 2 heteroatoms. The molecule has 0 aromatic heterocycles. The summed E-state index contributed by atoms with van der Waals surface area (Å²) in [6.07, 6.45) is 1.19. The van der Waals surface area contributed by atoms with Gasteiger partial charge in [0.2, 0.25) is 0 Å². The van der Waals surface area contributed by atoms with Gasteiger partial charge in [0, 0.05) is 25.3 Å². The highest BCUT2D eigenvalue weighted by molar-refractivity contribution is 5.53. The molecule has 1 atom stereocenters. The molecule has 0 saturated carbocycles. The van der Waals surface area contributed by atoms with Gasteiger partial charge >= 0.3 is 0 Å². The Morgan fingerprint density at radius 2 is 1.86 bits per heavy atom. The average molecular weight is 290 g/mol. The Bertz CT molecular complexity index is 414. The van der Waals surface area contributed by atoms with Crippen molar-refractivity contribution in [2.24, 2.45) is 11.3 Å². The Morgan fingerprint density at radius 1 is 1.19 bits per heavy atom. The highest BCUT2D eigenvalue weighted by Gasteiger charge is 2.25. The lowest BCUT2D eigenvalue weighted by molar-refractivity contribution is 0.290. The molecule has 0 saturated heterocycles. The first-order valence-corrected chi connectivity index (χ1v) is 8.43. The second-order valence-electron chi connectivity index (χ2n) is 6.99. The third kappa shape index (κ3) is 5.70. The van der Waals surface area contributed by atoms with Crippen molar-refractivity contribution in [1.29, 1.82) is 0 Å². The van der Waals surface area contributed by atoms with Crippen molar-refractivity contribution in [2.45, 2.75) is 48.0 Å². The van der Waals surface area contributed by atoms with Gasteiger partial charge in [-0.1, -0.05) is 45.9 Å². The number of anilines is 1. The summed E-state index contributed by atoms with van der Waals surface area (Å²) < 4.78 is 0. The topological polar surface area (TPSA) is 15.3 Å². The van der Waals surface area contributed by atoms with Crippen LogP contribution in [-0.2, 0) is 0 Å². The Morgan fingerprint density at radius 3 is 2.38 bits per heavy atom. The molecule has 0 aliphatic carbocycles. The number of aryl methyl sites for hydroxylation is 1. The van der Waals surface area contributed by atoms with Crippen molar-refractivity contribution >= 4 is 5.69 Å². The SMILES string of the molecule is CCN(CC(C)(CC)CNCC(C)C)c1ccccc1C. The lowest BCUT2D eigenvalue weighted by atomic mass is 9.86. The number of para-hydroxylation sites is 1. The van der Waals surface area contributed by atoms with Gasteiger partial charge in [0.05, 0.1) is 0 Å². The molecular formula is C19H34N2. The Balaban J connectivity index is 2.74. The minimum Gasteiger partial charge on any atom is -0.371 e. The van der Waals surface area contributed by atoms with Gasteiger partial charge in [-0.15, -0.1) is 0 Å². The number of nitrogens with one attached hydrogen (secondary N) is 1. The largest absolute Gasteiger partial charge is 0.371 e. The molecule has 1 N–H and O–H groups in total. The molecule has 0 heterocycles. The number of hydrogen-bond donors (Lipinski definition) is 1. The number of rotatable bonds is 9. The van der Waals surface area contributed by atoms with Crippen LogP contribution in [0.5, 0.6) is 0 Å². The fourth-order valence-corrected chi connectivity index (χ4v) is 2.70. The summed E-state index contributed by atoms with van der Waals surface area (Å²) in [5.41, 5.74) is 3.06. The first-order valence-electron chi connectivity index (χ1n) is 8.43. The molecule has 120 valence electrons. The van der Waals surface area contributed by atoms with E-state index in [1.54, 1.807) is 0 Å². The van der Waals surface area contributed by atoms with Crippen molar-refractivity contribution in [3.8, 4) is 0 Å². The smallest absolute Gasteiger partial charge is 0.0396 e. The average Bonchev–Trinajstić information content (AvgIpc) is 2.45. The van der Waals surface area contributed by atoms with Crippen LogP contribution in [-0.4, -0.2) is 26.2 Å². The van der Waals surface area contributed by atoms with E-state index in [1.165, 1.54) is 17.7 Å². The van der Waals surface area contributed by atoms with Gasteiger partial charge in [-0.05, 0) is 49.8 Å². The third-order valence-corrected chi connectivity index (χ3v) is 4.37. The second-order valence-corrected chi connectivity index (χ2v) is 6.99. The van der Waals surface area contributed by atoms with Gasteiger partial charge in [-0.2, -0.15) is 0 Å². The highest BCUT2D eigenvalue weighted by atomic mass is 15.1. The predicted molar refractivity (Wildman–Crippen MR) is 95.2 cm³/mol. The van der Waals surface area contributed by atoms with Crippen LogP contribution in [0, 0.1) is 18.3 Å². The Labute approximate surface area is 131 Å². The molecule has 21 heavy (non-hydrogen) atoms. The lowest BCUT2D eigenvalue weighted by Crippen LogP contribution is -2.43. The van der Waals surface area contributed by atoms with E-state index in [-0.39, 0.29) is 0 Å². The molecule has 0 spiro atoms. The summed E-state index contributed by atoms with van der Waals surface area (Å²) in [7, 11) is 0. The molecular weight excluding hydrogens is 256 g/mol. The van der Waals surface area contributed by atoms with Crippen LogP contribution in [0.3, 0.4) is 0 Å². The fourth-order valence-electron chi connectivity index (χ4n) is 2.70. The maximum atomic E-state index is 3.65. The lowest BCUT2D eigenvalue weighted by Gasteiger charge is -2.37. The van der Waals surface area contributed by atoms with Crippen LogP contribution in [0.1, 0.15) is 46.6 Å². The number of hydrogen-bond acceptors (Lipinski definition) is 2.